The topological polar surface area (TPSA) is 49.9 Å². The standard InChI is InChI=1S/C21H18F2N2O3/c1-28-17-7-3-2-6-14(17)18-19(24-10-4-5-11-24)21(27)25(20(18)26)16-9-8-13(22)12-15(16)23/h2-3,6-9,12H,4-5,10-11H2,1H3. The van der Waals surface area contributed by atoms with E-state index in [0.29, 0.717) is 30.5 Å². The highest BCUT2D eigenvalue weighted by Gasteiger charge is 2.44. The molecule has 1 fully saturated rings. The second-order valence-corrected chi connectivity index (χ2v) is 6.66. The molecule has 0 aromatic heterocycles. The summed E-state index contributed by atoms with van der Waals surface area (Å²) in [5.41, 5.74) is 0.608. The molecule has 0 bridgehead atoms. The van der Waals surface area contributed by atoms with E-state index in [4.69, 9.17) is 4.74 Å². The van der Waals surface area contributed by atoms with Crippen LogP contribution in [0, 0.1) is 11.6 Å². The molecule has 0 unspecified atom stereocenters. The third-order valence-electron chi connectivity index (χ3n) is 5.01. The van der Waals surface area contributed by atoms with Crippen molar-refractivity contribution in [1.82, 2.24) is 4.90 Å². The largest absolute Gasteiger partial charge is 0.496 e. The number of anilines is 1. The Labute approximate surface area is 160 Å². The van der Waals surface area contributed by atoms with Crippen molar-refractivity contribution in [2.24, 2.45) is 0 Å². The number of benzene rings is 2. The molecule has 144 valence electrons. The van der Waals surface area contributed by atoms with Gasteiger partial charge in [-0.2, -0.15) is 0 Å². The van der Waals surface area contributed by atoms with E-state index in [1.54, 1.807) is 24.3 Å². The lowest BCUT2D eigenvalue weighted by atomic mass is 10.0. The average molecular weight is 384 g/mol. The molecule has 2 amide bonds. The van der Waals surface area contributed by atoms with Gasteiger partial charge in [-0.15, -0.1) is 0 Å². The molecule has 4 rings (SSSR count). The normalized spacial score (nSPS) is 17.1. The molecule has 2 aromatic carbocycles. The number of rotatable bonds is 4. The van der Waals surface area contributed by atoms with Gasteiger partial charge in [0, 0.05) is 24.7 Å². The van der Waals surface area contributed by atoms with Crippen LogP contribution in [-0.4, -0.2) is 36.9 Å². The summed E-state index contributed by atoms with van der Waals surface area (Å²) in [6.07, 6.45) is 1.80. The van der Waals surface area contributed by atoms with Gasteiger partial charge in [-0.05, 0) is 31.0 Å². The number of hydrogen-bond donors (Lipinski definition) is 0. The van der Waals surface area contributed by atoms with Crippen LogP contribution >= 0.6 is 0 Å². The molecule has 2 aromatic rings. The average Bonchev–Trinajstić information content (AvgIpc) is 3.29. The fourth-order valence-corrected chi connectivity index (χ4v) is 3.73. The third kappa shape index (κ3) is 2.83. The Hall–Kier alpha value is -3.22. The highest BCUT2D eigenvalue weighted by Crippen LogP contribution is 2.39. The van der Waals surface area contributed by atoms with Crippen LogP contribution in [0.4, 0.5) is 14.5 Å². The monoisotopic (exact) mass is 384 g/mol. The van der Waals surface area contributed by atoms with Gasteiger partial charge in [0.05, 0.1) is 18.4 Å². The van der Waals surface area contributed by atoms with Crippen molar-refractivity contribution in [3.63, 3.8) is 0 Å². The summed E-state index contributed by atoms with van der Waals surface area (Å²) in [6, 6.07) is 9.68. The summed E-state index contributed by atoms with van der Waals surface area (Å²) in [6.45, 7) is 1.26. The SMILES string of the molecule is COc1ccccc1C1=C(N2CCCC2)C(=O)N(c2ccc(F)cc2F)C1=O. The van der Waals surface area contributed by atoms with Crippen molar-refractivity contribution in [3.05, 3.63) is 65.4 Å². The van der Waals surface area contributed by atoms with Crippen LogP contribution in [0.25, 0.3) is 5.57 Å². The number of methoxy groups -OCH3 is 1. The van der Waals surface area contributed by atoms with Crippen LogP contribution < -0.4 is 9.64 Å². The van der Waals surface area contributed by atoms with E-state index in [1.807, 2.05) is 4.90 Å². The Kier molecular flexibility index (Phi) is 4.58. The van der Waals surface area contributed by atoms with Crippen molar-refractivity contribution in [1.29, 1.82) is 0 Å². The molecule has 5 nitrogen and oxygen atoms in total. The maximum atomic E-state index is 14.4. The lowest BCUT2D eigenvalue weighted by Gasteiger charge is -2.20. The fourth-order valence-electron chi connectivity index (χ4n) is 3.73. The quantitative estimate of drug-likeness (QED) is 0.759. The van der Waals surface area contributed by atoms with Crippen LogP contribution in [0.1, 0.15) is 18.4 Å². The molecule has 0 radical (unpaired) electrons. The van der Waals surface area contributed by atoms with Crippen molar-refractivity contribution in [2.45, 2.75) is 12.8 Å². The first kappa shape index (κ1) is 18.2. The van der Waals surface area contributed by atoms with Gasteiger partial charge in [-0.25, -0.2) is 13.7 Å². The molecule has 0 atom stereocenters. The Morgan fingerprint density at radius 3 is 2.36 bits per heavy atom. The maximum absolute atomic E-state index is 14.4. The van der Waals surface area contributed by atoms with E-state index in [9.17, 15) is 18.4 Å². The molecule has 2 aliphatic rings. The first-order valence-corrected chi connectivity index (χ1v) is 8.99. The van der Waals surface area contributed by atoms with Crippen molar-refractivity contribution in [2.75, 3.05) is 25.1 Å². The molecular formula is C21H18F2N2O3. The number of likely N-dealkylation sites (tertiary alicyclic amines) is 1. The zero-order valence-corrected chi connectivity index (χ0v) is 15.2. The third-order valence-corrected chi connectivity index (χ3v) is 5.01. The molecule has 0 aliphatic carbocycles. The van der Waals surface area contributed by atoms with Gasteiger partial charge in [-0.1, -0.05) is 18.2 Å². The summed E-state index contributed by atoms with van der Waals surface area (Å²) in [4.78, 5) is 29.2. The molecule has 7 heteroatoms. The van der Waals surface area contributed by atoms with Crippen molar-refractivity contribution < 1.29 is 23.1 Å². The first-order valence-electron chi connectivity index (χ1n) is 8.99. The summed E-state index contributed by atoms with van der Waals surface area (Å²) in [7, 11) is 1.48. The van der Waals surface area contributed by atoms with E-state index in [2.05, 4.69) is 0 Å². The number of carbonyl (C=O) groups is 2. The van der Waals surface area contributed by atoms with Crippen LogP contribution in [0.15, 0.2) is 48.2 Å². The minimum atomic E-state index is -0.969. The number of ether oxygens (including phenoxy) is 1. The Bertz CT molecular complexity index is 997. The number of amides is 2. The minimum absolute atomic E-state index is 0.174. The minimum Gasteiger partial charge on any atom is -0.496 e. The number of carbonyl (C=O) groups excluding carboxylic acids is 2. The van der Waals surface area contributed by atoms with Gasteiger partial charge in [0.1, 0.15) is 23.1 Å². The first-order chi connectivity index (χ1) is 13.5. The highest BCUT2D eigenvalue weighted by atomic mass is 19.1. The second kappa shape index (κ2) is 7.07. The smallest absolute Gasteiger partial charge is 0.282 e. The number of imide groups is 1. The molecule has 0 saturated carbocycles. The van der Waals surface area contributed by atoms with Crippen LogP contribution in [-0.2, 0) is 9.59 Å². The van der Waals surface area contributed by atoms with E-state index in [0.717, 1.165) is 29.9 Å². The molecule has 2 aliphatic heterocycles. The number of hydrogen-bond acceptors (Lipinski definition) is 4. The van der Waals surface area contributed by atoms with Gasteiger partial charge in [0.25, 0.3) is 11.8 Å². The molecule has 2 heterocycles. The van der Waals surface area contributed by atoms with E-state index >= 15 is 0 Å². The zero-order valence-electron chi connectivity index (χ0n) is 15.2. The summed E-state index contributed by atoms with van der Waals surface area (Å²) < 4.78 is 33.1. The van der Waals surface area contributed by atoms with Gasteiger partial charge in [0.15, 0.2) is 0 Å². The molecule has 0 N–H and O–H groups in total. The van der Waals surface area contributed by atoms with Gasteiger partial charge < -0.3 is 9.64 Å². The van der Waals surface area contributed by atoms with Gasteiger partial charge in [0.2, 0.25) is 0 Å². The highest BCUT2D eigenvalue weighted by molar-refractivity contribution is 6.45. The molecular weight excluding hydrogens is 366 g/mol. The Morgan fingerprint density at radius 1 is 0.964 bits per heavy atom. The van der Waals surface area contributed by atoms with E-state index in [1.165, 1.54) is 7.11 Å². The lowest BCUT2D eigenvalue weighted by Crippen LogP contribution is -2.35. The van der Waals surface area contributed by atoms with Gasteiger partial charge >= 0.3 is 0 Å². The van der Waals surface area contributed by atoms with E-state index < -0.39 is 23.4 Å². The number of nitrogens with zero attached hydrogens (tertiary/aromatic N) is 2. The fraction of sp³-hybridized carbons (Fsp3) is 0.238. The predicted molar refractivity (Wildman–Crippen MR) is 99.6 cm³/mol. The van der Waals surface area contributed by atoms with Gasteiger partial charge in [-0.3, -0.25) is 9.59 Å². The molecule has 0 spiro atoms. The van der Waals surface area contributed by atoms with Crippen LogP contribution in [0.2, 0.25) is 0 Å². The summed E-state index contributed by atoms with van der Waals surface area (Å²) in [5, 5.41) is 0. The second-order valence-electron chi connectivity index (χ2n) is 6.66. The van der Waals surface area contributed by atoms with Crippen molar-refractivity contribution in [3.8, 4) is 5.75 Å². The van der Waals surface area contributed by atoms with Crippen LogP contribution in [0.3, 0.4) is 0 Å². The number of halogens is 2. The lowest BCUT2D eigenvalue weighted by molar-refractivity contribution is -0.120. The summed E-state index contributed by atoms with van der Waals surface area (Å²) in [5.74, 6) is -2.57. The Balaban J connectivity index is 1.89. The zero-order chi connectivity index (χ0) is 19.8. The Morgan fingerprint density at radius 2 is 1.68 bits per heavy atom. The van der Waals surface area contributed by atoms with E-state index in [-0.39, 0.29) is 17.0 Å². The van der Waals surface area contributed by atoms with Crippen molar-refractivity contribution >= 4 is 23.1 Å². The molecule has 1 saturated heterocycles. The molecule has 28 heavy (non-hydrogen) atoms. The predicted octanol–water partition coefficient (Wildman–Crippen LogP) is 3.35. The number of para-hydroxylation sites is 1. The van der Waals surface area contributed by atoms with Crippen LogP contribution in [0.5, 0.6) is 5.75 Å². The summed E-state index contributed by atoms with van der Waals surface area (Å²) >= 11 is 0. The maximum Gasteiger partial charge on any atom is 0.282 e.